The van der Waals surface area contributed by atoms with Gasteiger partial charge in [-0.1, -0.05) is 133 Å². The average molecular weight is 678 g/mol. The molecule has 0 amide bonds. The summed E-state index contributed by atoms with van der Waals surface area (Å²) < 4.78 is 13.3. The number of anilines is 3. The number of hydrogen-bond donors (Lipinski definition) is 0. The first kappa shape index (κ1) is 29.6. The molecule has 3 nitrogen and oxygen atoms in total. The van der Waals surface area contributed by atoms with E-state index in [1.54, 1.807) is 0 Å². The first-order chi connectivity index (χ1) is 26.3. The van der Waals surface area contributed by atoms with Gasteiger partial charge in [-0.25, -0.2) is 0 Å². The molecule has 0 aliphatic carbocycles. The minimum absolute atomic E-state index is 0.847. The monoisotopic (exact) mass is 677 g/mol. The fourth-order valence-electron chi connectivity index (χ4n) is 8.11. The van der Waals surface area contributed by atoms with Crippen LogP contribution in [0.25, 0.3) is 87.7 Å². The van der Waals surface area contributed by atoms with Crippen molar-refractivity contribution in [2.45, 2.75) is 0 Å². The summed E-state index contributed by atoms with van der Waals surface area (Å²) >= 11 is 0. The van der Waals surface area contributed by atoms with Crippen LogP contribution in [-0.4, -0.2) is 0 Å². The fraction of sp³-hybridized carbons (Fsp3) is 0. The molecule has 0 spiro atoms. The van der Waals surface area contributed by atoms with Gasteiger partial charge in [0, 0.05) is 32.6 Å². The van der Waals surface area contributed by atoms with Gasteiger partial charge in [-0.15, -0.1) is 0 Å². The summed E-state index contributed by atoms with van der Waals surface area (Å²) in [7, 11) is 0. The maximum Gasteiger partial charge on any atom is 0.159 e. The van der Waals surface area contributed by atoms with Gasteiger partial charge in [-0.3, -0.25) is 0 Å². The van der Waals surface area contributed by atoms with Gasteiger partial charge >= 0.3 is 0 Å². The highest BCUT2D eigenvalue weighted by Gasteiger charge is 2.23. The molecule has 9 aromatic carbocycles. The van der Waals surface area contributed by atoms with Crippen LogP contribution in [0.2, 0.25) is 0 Å². The molecule has 0 bridgehead atoms. The summed E-state index contributed by atoms with van der Waals surface area (Å²) in [5.74, 6) is 0. The molecular formula is C50H31NO2. The third kappa shape index (κ3) is 4.75. The van der Waals surface area contributed by atoms with E-state index >= 15 is 0 Å². The Bertz CT molecular complexity index is 3170. The molecule has 53 heavy (non-hydrogen) atoms. The number of para-hydroxylation sites is 2. The van der Waals surface area contributed by atoms with Crippen molar-refractivity contribution in [2.24, 2.45) is 0 Å². The van der Waals surface area contributed by atoms with E-state index in [1.165, 1.54) is 21.9 Å². The van der Waals surface area contributed by atoms with Gasteiger partial charge in [0.25, 0.3) is 0 Å². The van der Waals surface area contributed by atoms with Crippen molar-refractivity contribution in [3.05, 3.63) is 188 Å². The van der Waals surface area contributed by atoms with Crippen molar-refractivity contribution in [1.29, 1.82) is 0 Å². The van der Waals surface area contributed by atoms with Crippen molar-refractivity contribution in [3.63, 3.8) is 0 Å². The van der Waals surface area contributed by atoms with Crippen molar-refractivity contribution in [3.8, 4) is 22.3 Å². The van der Waals surface area contributed by atoms with Crippen LogP contribution >= 0.6 is 0 Å². The van der Waals surface area contributed by atoms with Crippen LogP contribution in [0.4, 0.5) is 17.1 Å². The molecule has 0 radical (unpaired) electrons. The van der Waals surface area contributed by atoms with Crippen molar-refractivity contribution >= 4 is 82.5 Å². The van der Waals surface area contributed by atoms with Crippen molar-refractivity contribution in [2.75, 3.05) is 4.90 Å². The second-order valence-electron chi connectivity index (χ2n) is 13.7. The standard InChI is InChI=1S/C50H31NO2/c1-2-10-32(11-3-1)38-25-28-46-42(31-38)49-47(52-46)29-24-35-14-8-17-43(48(35)49)51(44-18-9-16-41-40-15-6-7-19-45(40)53-50(41)44)39-26-22-34(23-27-39)37-21-20-33-12-4-5-13-36(33)30-37/h1-31H. The van der Waals surface area contributed by atoms with Gasteiger partial charge in [0.15, 0.2) is 5.58 Å². The van der Waals surface area contributed by atoms with Gasteiger partial charge in [0.2, 0.25) is 0 Å². The Morgan fingerprint density at radius 2 is 0.943 bits per heavy atom. The van der Waals surface area contributed by atoms with Crippen LogP contribution in [0.3, 0.4) is 0 Å². The zero-order chi connectivity index (χ0) is 34.9. The van der Waals surface area contributed by atoms with Gasteiger partial charge in [-0.2, -0.15) is 0 Å². The SMILES string of the molecule is c1ccc(-c2ccc3oc4ccc5cccc(N(c6ccc(-c7ccc8ccccc8c7)cc6)c6cccc7c6oc6ccccc67)c5c4c3c2)cc1. The lowest BCUT2D eigenvalue weighted by Gasteiger charge is -2.27. The topological polar surface area (TPSA) is 29.5 Å². The fourth-order valence-corrected chi connectivity index (χ4v) is 8.11. The number of nitrogens with zero attached hydrogens (tertiary/aromatic N) is 1. The number of rotatable bonds is 5. The molecule has 2 heterocycles. The van der Waals surface area contributed by atoms with Crippen LogP contribution in [0.5, 0.6) is 0 Å². The van der Waals surface area contributed by atoms with Crippen molar-refractivity contribution < 1.29 is 8.83 Å². The molecule has 11 rings (SSSR count). The second kappa shape index (κ2) is 11.7. The normalized spacial score (nSPS) is 11.8. The van der Waals surface area contributed by atoms with Crippen LogP contribution < -0.4 is 4.90 Å². The van der Waals surface area contributed by atoms with E-state index < -0.39 is 0 Å². The Morgan fingerprint density at radius 1 is 0.321 bits per heavy atom. The van der Waals surface area contributed by atoms with Crippen molar-refractivity contribution in [1.82, 2.24) is 0 Å². The Hall–Kier alpha value is -7.10. The summed E-state index contributed by atoms with van der Waals surface area (Å²) in [6, 6.07) is 66.8. The predicted molar refractivity (Wildman–Crippen MR) is 222 cm³/mol. The molecule has 11 aromatic rings. The summed E-state index contributed by atoms with van der Waals surface area (Å²) in [5, 5.41) is 9.11. The Labute approximate surface area is 305 Å². The zero-order valence-electron chi connectivity index (χ0n) is 28.7. The van der Waals surface area contributed by atoms with E-state index in [0.29, 0.717) is 0 Å². The van der Waals surface area contributed by atoms with Gasteiger partial charge in [-0.05, 0) is 93.0 Å². The summed E-state index contributed by atoms with van der Waals surface area (Å²) in [4.78, 5) is 2.36. The van der Waals surface area contributed by atoms with Gasteiger partial charge < -0.3 is 13.7 Å². The Morgan fingerprint density at radius 3 is 1.85 bits per heavy atom. The summed E-state index contributed by atoms with van der Waals surface area (Å²) in [6.45, 7) is 0. The molecule has 2 aromatic heterocycles. The Balaban J connectivity index is 1.18. The smallest absolute Gasteiger partial charge is 0.159 e. The third-order valence-electron chi connectivity index (χ3n) is 10.6. The van der Waals surface area contributed by atoms with Crippen LogP contribution in [0.1, 0.15) is 0 Å². The lowest BCUT2D eigenvalue weighted by atomic mass is 9.98. The summed E-state index contributed by atoms with van der Waals surface area (Å²) in [5.41, 5.74) is 11.2. The molecule has 0 saturated heterocycles. The van der Waals surface area contributed by atoms with Crippen LogP contribution in [-0.2, 0) is 0 Å². The molecule has 0 fully saturated rings. The predicted octanol–water partition coefficient (Wildman–Crippen LogP) is 14.6. The minimum Gasteiger partial charge on any atom is -0.456 e. The zero-order valence-corrected chi connectivity index (χ0v) is 28.7. The second-order valence-corrected chi connectivity index (χ2v) is 13.7. The van der Waals surface area contributed by atoms with E-state index in [4.69, 9.17) is 8.83 Å². The molecule has 0 unspecified atom stereocenters. The molecule has 0 N–H and O–H groups in total. The van der Waals surface area contributed by atoms with Gasteiger partial charge in [0.05, 0.1) is 11.4 Å². The molecule has 0 saturated carbocycles. The van der Waals surface area contributed by atoms with Crippen LogP contribution in [0, 0.1) is 0 Å². The minimum atomic E-state index is 0.847. The number of hydrogen-bond acceptors (Lipinski definition) is 3. The molecule has 0 aliphatic heterocycles. The van der Waals surface area contributed by atoms with E-state index in [-0.39, 0.29) is 0 Å². The molecular weight excluding hydrogens is 647 g/mol. The highest BCUT2D eigenvalue weighted by atomic mass is 16.3. The quantitative estimate of drug-likeness (QED) is 0.182. The Kier molecular flexibility index (Phi) is 6.55. The maximum absolute atomic E-state index is 6.70. The molecule has 3 heteroatoms. The number of fused-ring (bicyclic) bond motifs is 9. The largest absolute Gasteiger partial charge is 0.456 e. The third-order valence-corrected chi connectivity index (χ3v) is 10.6. The average Bonchev–Trinajstić information content (AvgIpc) is 3.80. The first-order valence-corrected chi connectivity index (χ1v) is 18.0. The lowest BCUT2D eigenvalue weighted by Crippen LogP contribution is -2.11. The highest BCUT2D eigenvalue weighted by Crippen LogP contribution is 2.47. The van der Waals surface area contributed by atoms with E-state index in [2.05, 4.69) is 181 Å². The number of benzene rings is 9. The lowest BCUT2D eigenvalue weighted by molar-refractivity contribution is 0.669. The van der Waals surface area contributed by atoms with E-state index in [1.807, 2.05) is 12.1 Å². The molecule has 0 atom stereocenters. The molecule has 0 aliphatic rings. The number of furan rings is 2. The molecule has 248 valence electrons. The van der Waals surface area contributed by atoms with E-state index in [0.717, 1.165) is 82.8 Å². The summed E-state index contributed by atoms with van der Waals surface area (Å²) in [6.07, 6.45) is 0. The first-order valence-electron chi connectivity index (χ1n) is 18.0. The van der Waals surface area contributed by atoms with Gasteiger partial charge in [0.1, 0.15) is 16.7 Å². The maximum atomic E-state index is 6.70. The highest BCUT2D eigenvalue weighted by molar-refractivity contribution is 6.24. The van der Waals surface area contributed by atoms with E-state index in [9.17, 15) is 0 Å². The van der Waals surface area contributed by atoms with Crippen LogP contribution in [0.15, 0.2) is 197 Å².